The van der Waals surface area contributed by atoms with Gasteiger partial charge < -0.3 is 10.4 Å². The number of aromatic nitrogens is 1. The molecular formula is C16H15N3O3S. The summed E-state index contributed by atoms with van der Waals surface area (Å²) < 4.78 is 0. The third-order valence-corrected chi connectivity index (χ3v) is 4.12. The summed E-state index contributed by atoms with van der Waals surface area (Å²) in [5.41, 5.74) is 1.34. The Morgan fingerprint density at radius 1 is 1.39 bits per heavy atom. The van der Waals surface area contributed by atoms with Crippen LogP contribution >= 0.6 is 11.3 Å². The van der Waals surface area contributed by atoms with E-state index >= 15 is 0 Å². The van der Waals surface area contributed by atoms with E-state index in [1.165, 1.54) is 0 Å². The van der Waals surface area contributed by atoms with Crippen molar-refractivity contribution in [2.75, 3.05) is 5.32 Å². The van der Waals surface area contributed by atoms with Gasteiger partial charge in [-0.15, -0.1) is 0 Å². The van der Waals surface area contributed by atoms with Crippen molar-refractivity contribution < 1.29 is 14.7 Å². The van der Waals surface area contributed by atoms with Gasteiger partial charge in [-0.05, 0) is 6.42 Å². The molecule has 0 aliphatic carbocycles. The van der Waals surface area contributed by atoms with Crippen LogP contribution in [-0.4, -0.2) is 22.0 Å². The zero-order valence-corrected chi connectivity index (χ0v) is 13.3. The number of aliphatic carboxylic acids is 1. The summed E-state index contributed by atoms with van der Waals surface area (Å²) in [5.74, 6) is -1.68. The molecule has 1 amide bonds. The summed E-state index contributed by atoms with van der Waals surface area (Å²) >= 11 is 1.10. The van der Waals surface area contributed by atoms with Crippen molar-refractivity contribution in [2.24, 2.45) is 5.92 Å². The highest BCUT2D eigenvalue weighted by Gasteiger charge is 2.18. The van der Waals surface area contributed by atoms with Crippen molar-refractivity contribution >= 4 is 28.3 Å². The van der Waals surface area contributed by atoms with Crippen LogP contribution < -0.4 is 5.32 Å². The van der Waals surface area contributed by atoms with Gasteiger partial charge in [0, 0.05) is 17.9 Å². The zero-order chi connectivity index (χ0) is 16.8. The minimum absolute atomic E-state index is 0.0643. The highest BCUT2D eigenvalue weighted by atomic mass is 32.1. The molecule has 2 N–H and O–H groups in total. The molecule has 1 aromatic heterocycles. The molecule has 0 aliphatic heterocycles. The van der Waals surface area contributed by atoms with Gasteiger partial charge in [-0.1, -0.05) is 48.6 Å². The first-order chi connectivity index (χ1) is 11.0. The SMILES string of the molecule is CC(CCC(=O)O)C(=O)Nc1nc(-c2ccccc2)c(C#N)s1. The largest absolute Gasteiger partial charge is 0.481 e. The molecule has 2 aromatic rings. The lowest BCUT2D eigenvalue weighted by Gasteiger charge is -2.08. The minimum Gasteiger partial charge on any atom is -0.481 e. The van der Waals surface area contributed by atoms with Gasteiger partial charge in [0.05, 0.1) is 0 Å². The summed E-state index contributed by atoms with van der Waals surface area (Å²) in [6.07, 6.45) is 0.189. The number of carbonyl (C=O) groups is 2. The second-order valence-corrected chi connectivity index (χ2v) is 6.00. The molecular weight excluding hydrogens is 314 g/mol. The van der Waals surface area contributed by atoms with Gasteiger partial charge in [0.2, 0.25) is 5.91 Å². The number of nitrogens with one attached hydrogen (secondary N) is 1. The molecule has 0 radical (unpaired) electrons. The average molecular weight is 329 g/mol. The van der Waals surface area contributed by atoms with Gasteiger partial charge >= 0.3 is 5.97 Å². The van der Waals surface area contributed by atoms with Crippen molar-refractivity contribution in [1.29, 1.82) is 5.26 Å². The van der Waals surface area contributed by atoms with E-state index in [-0.39, 0.29) is 18.7 Å². The summed E-state index contributed by atoms with van der Waals surface area (Å²) in [6.45, 7) is 1.66. The normalized spacial score (nSPS) is 11.5. The highest BCUT2D eigenvalue weighted by Crippen LogP contribution is 2.30. The first-order valence-electron chi connectivity index (χ1n) is 7.00. The van der Waals surface area contributed by atoms with E-state index in [0.717, 1.165) is 16.9 Å². The Balaban J connectivity index is 2.13. The molecule has 0 aliphatic rings. The van der Waals surface area contributed by atoms with E-state index in [4.69, 9.17) is 5.11 Å². The number of rotatable bonds is 6. The topological polar surface area (TPSA) is 103 Å². The fourth-order valence-corrected chi connectivity index (χ4v) is 2.73. The van der Waals surface area contributed by atoms with Crippen molar-refractivity contribution in [3.63, 3.8) is 0 Å². The van der Waals surface area contributed by atoms with Gasteiger partial charge in [0.1, 0.15) is 16.6 Å². The standard InChI is InChI=1S/C16H15N3O3S/c1-10(7-8-13(20)21)15(22)19-16-18-14(12(9-17)23-16)11-5-3-2-4-6-11/h2-6,10H,7-8H2,1H3,(H,20,21)(H,18,19,22). The number of amides is 1. The molecule has 2 rings (SSSR count). The number of carbonyl (C=O) groups excluding carboxylic acids is 1. The van der Waals surface area contributed by atoms with Gasteiger partial charge in [-0.25, -0.2) is 4.98 Å². The van der Waals surface area contributed by atoms with Crippen molar-refractivity contribution in [2.45, 2.75) is 19.8 Å². The molecule has 1 unspecified atom stereocenters. The summed E-state index contributed by atoms with van der Waals surface area (Å²) in [4.78, 5) is 27.3. The third kappa shape index (κ3) is 4.37. The number of hydrogen-bond donors (Lipinski definition) is 2. The molecule has 6 nitrogen and oxygen atoms in total. The minimum atomic E-state index is -0.933. The molecule has 1 atom stereocenters. The number of nitriles is 1. The number of benzene rings is 1. The Morgan fingerprint density at radius 2 is 2.09 bits per heavy atom. The molecule has 7 heteroatoms. The number of carboxylic acid groups (broad SMARTS) is 1. The maximum atomic E-state index is 12.1. The Morgan fingerprint density at radius 3 is 2.70 bits per heavy atom. The molecule has 0 saturated carbocycles. The van der Waals surface area contributed by atoms with Crippen LogP contribution in [0.1, 0.15) is 24.6 Å². The van der Waals surface area contributed by atoms with Gasteiger partial charge in [-0.2, -0.15) is 5.26 Å². The monoisotopic (exact) mass is 329 g/mol. The Hall–Kier alpha value is -2.72. The van der Waals surface area contributed by atoms with E-state index in [1.807, 2.05) is 30.3 Å². The van der Waals surface area contributed by atoms with Crippen LogP contribution in [0.15, 0.2) is 30.3 Å². The second-order valence-electron chi connectivity index (χ2n) is 5.00. The molecule has 0 spiro atoms. The van der Waals surface area contributed by atoms with Crippen LogP contribution in [0.2, 0.25) is 0 Å². The number of hydrogen-bond acceptors (Lipinski definition) is 5. The van der Waals surface area contributed by atoms with Crippen LogP contribution in [0.5, 0.6) is 0 Å². The molecule has 0 saturated heterocycles. The number of nitrogens with zero attached hydrogens (tertiary/aromatic N) is 2. The predicted octanol–water partition coefficient (Wildman–Crippen LogP) is 3.12. The first kappa shape index (κ1) is 16.6. The quantitative estimate of drug-likeness (QED) is 0.847. The van der Waals surface area contributed by atoms with E-state index in [9.17, 15) is 14.9 Å². The lowest BCUT2D eigenvalue weighted by molar-refractivity contribution is -0.137. The van der Waals surface area contributed by atoms with Gasteiger partial charge in [0.25, 0.3) is 0 Å². The summed E-state index contributed by atoms with van der Waals surface area (Å²) in [6, 6.07) is 11.3. The van der Waals surface area contributed by atoms with Crippen LogP contribution in [-0.2, 0) is 9.59 Å². The maximum Gasteiger partial charge on any atom is 0.303 e. The molecule has 0 fully saturated rings. The van der Waals surface area contributed by atoms with E-state index < -0.39 is 11.9 Å². The Kier molecular flexibility index (Phi) is 5.44. The lowest BCUT2D eigenvalue weighted by Crippen LogP contribution is -2.21. The predicted molar refractivity (Wildman–Crippen MR) is 86.9 cm³/mol. The van der Waals surface area contributed by atoms with Crippen molar-refractivity contribution in [3.05, 3.63) is 35.2 Å². The fourth-order valence-electron chi connectivity index (χ4n) is 1.94. The van der Waals surface area contributed by atoms with Crippen LogP contribution in [0, 0.1) is 17.2 Å². The Bertz CT molecular complexity index is 750. The number of thiazole rings is 1. The van der Waals surface area contributed by atoms with Gasteiger partial charge in [0.15, 0.2) is 5.13 Å². The molecule has 0 bridgehead atoms. The van der Waals surface area contributed by atoms with E-state index in [2.05, 4.69) is 16.4 Å². The van der Waals surface area contributed by atoms with E-state index in [0.29, 0.717) is 15.7 Å². The molecule has 1 aromatic carbocycles. The zero-order valence-electron chi connectivity index (χ0n) is 12.4. The van der Waals surface area contributed by atoms with Crippen LogP contribution in [0.25, 0.3) is 11.3 Å². The van der Waals surface area contributed by atoms with Crippen molar-refractivity contribution in [3.8, 4) is 17.3 Å². The third-order valence-electron chi connectivity index (χ3n) is 3.24. The fraction of sp³-hybridized carbons (Fsp3) is 0.250. The lowest BCUT2D eigenvalue weighted by atomic mass is 10.1. The summed E-state index contributed by atoms with van der Waals surface area (Å²) in [7, 11) is 0. The highest BCUT2D eigenvalue weighted by molar-refractivity contribution is 7.16. The second kappa shape index (κ2) is 7.51. The van der Waals surface area contributed by atoms with Crippen LogP contribution in [0.3, 0.4) is 0 Å². The maximum absolute atomic E-state index is 12.1. The summed E-state index contributed by atoms with van der Waals surface area (Å²) in [5, 5.41) is 20.9. The molecule has 118 valence electrons. The smallest absolute Gasteiger partial charge is 0.303 e. The number of carboxylic acids is 1. The van der Waals surface area contributed by atoms with E-state index in [1.54, 1.807) is 6.92 Å². The van der Waals surface area contributed by atoms with Gasteiger partial charge in [-0.3, -0.25) is 9.59 Å². The molecule has 23 heavy (non-hydrogen) atoms. The average Bonchev–Trinajstić information content (AvgIpc) is 2.96. The molecule has 1 heterocycles. The van der Waals surface area contributed by atoms with Crippen LogP contribution in [0.4, 0.5) is 5.13 Å². The Labute approximate surface area is 137 Å². The number of anilines is 1. The first-order valence-corrected chi connectivity index (χ1v) is 7.82. The van der Waals surface area contributed by atoms with Crippen molar-refractivity contribution in [1.82, 2.24) is 4.98 Å².